The van der Waals surface area contributed by atoms with Gasteiger partial charge in [-0.1, -0.05) is 13.8 Å². The molecule has 6 heteroatoms. The molecule has 0 radical (unpaired) electrons. The predicted octanol–water partition coefficient (Wildman–Crippen LogP) is 3.72. The van der Waals surface area contributed by atoms with Gasteiger partial charge in [0.05, 0.1) is 4.92 Å². The molecule has 0 N–H and O–H groups in total. The normalized spacial score (nSPS) is 25.4. The van der Waals surface area contributed by atoms with Gasteiger partial charge >= 0.3 is 5.97 Å². The van der Waals surface area contributed by atoms with Crippen LogP contribution in [0.4, 0.5) is 10.1 Å². The summed E-state index contributed by atoms with van der Waals surface area (Å²) in [5.41, 5.74) is -0.705. The molecule has 2 atom stereocenters. The molecule has 0 amide bonds. The molecular formula is C15H18FNO4. The van der Waals surface area contributed by atoms with Crippen LogP contribution in [0, 0.1) is 27.8 Å². The highest BCUT2D eigenvalue weighted by Gasteiger charge is 2.28. The molecular weight excluding hydrogens is 277 g/mol. The van der Waals surface area contributed by atoms with E-state index in [0.29, 0.717) is 11.8 Å². The number of esters is 1. The SMILES string of the molecule is CC1CC(C)CC(OC(=O)c2cc([N+](=O)[O-])ccc2F)C1. The number of ether oxygens (including phenoxy) is 1. The maximum atomic E-state index is 13.7. The molecule has 0 heterocycles. The number of carbonyl (C=O) groups is 1. The average Bonchev–Trinajstić information content (AvgIpc) is 2.37. The number of hydrogen-bond donors (Lipinski definition) is 0. The minimum absolute atomic E-state index is 0.255. The zero-order valence-electron chi connectivity index (χ0n) is 12.0. The van der Waals surface area contributed by atoms with Crippen molar-refractivity contribution in [2.45, 2.75) is 39.2 Å². The molecule has 114 valence electrons. The fourth-order valence-electron chi connectivity index (χ4n) is 2.97. The van der Waals surface area contributed by atoms with Crippen molar-refractivity contribution in [3.05, 3.63) is 39.7 Å². The molecule has 21 heavy (non-hydrogen) atoms. The van der Waals surface area contributed by atoms with E-state index >= 15 is 0 Å². The van der Waals surface area contributed by atoms with Crippen LogP contribution in [0.1, 0.15) is 43.5 Å². The first-order chi connectivity index (χ1) is 9.86. The van der Waals surface area contributed by atoms with Gasteiger partial charge in [-0.2, -0.15) is 0 Å². The number of non-ortho nitro benzene ring substituents is 1. The largest absolute Gasteiger partial charge is 0.459 e. The molecule has 1 fully saturated rings. The molecule has 0 bridgehead atoms. The topological polar surface area (TPSA) is 69.4 Å². The maximum Gasteiger partial charge on any atom is 0.341 e. The van der Waals surface area contributed by atoms with E-state index in [0.717, 1.165) is 37.5 Å². The van der Waals surface area contributed by atoms with Crippen molar-refractivity contribution in [1.29, 1.82) is 0 Å². The van der Waals surface area contributed by atoms with Crippen molar-refractivity contribution < 1.29 is 18.8 Å². The van der Waals surface area contributed by atoms with Gasteiger partial charge in [0.25, 0.3) is 5.69 Å². The molecule has 1 aromatic carbocycles. The third kappa shape index (κ3) is 3.77. The standard InChI is InChI=1S/C15H18FNO4/c1-9-5-10(2)7-12(6-9)21-15(18)13-8-11(17(19)20)3-4-14(13)16/h3-4,8-10,12H,5-7H2,1-2H3. The highest BCUT2D eigenvalue weighted by Crippen LogP contribution is 2.31. The van der Waals surface area contributed by atoms with Crippen LogP contribution in [0.3, 0.4) is 0 Å². The summed E-state index contributed by atoms with van der Waals surface area (Å²) in [6.07, 6.45) is 2.31. The summed E-state index contributed by atoms with van der Waals surface area (Å²) in [4.78, 5) is 22.1. The highest BCUT2D eigenvalue weighted by molar-refractivity contribution is 5.90. The van der Waals surface area contributed by atoms with Crippen LogP contribution < -0.4 is 0 Å². The summed E-state index contributed by atoms with van der Waals surface area (Å²) in [5, 5.41) is 10.7. The Morgan fingerprint density at radius 1 is 1.29 bits per heavy atom. The monoisotopic (exact) mass is 295 g/mol. The summed E-state index contributed by atoms with van der Waals surface area (Å²) in [6, 6.07) is 2.87. The summed E-state index contributed by atoms with van der Waals surface area (Å²) >= 11 is 0. The molecule has 5 nitrogen and oxygen atoms in total. The second-order valence-electron chi connectivity index (χ2n) is 5.87. The van der Waals surface area contributed by atoms with E-state index in [1.54, 1.807) is 0 Å². The van der Waals surface area contributed by atoms with Crippen molar-refractivity contribution in [3.8, 4) is 0 Å². The van der Waals surface area contributed by atoms with E-state index in [1.165, 1.54) is 0 Å². The number of nitrogens with zero attached hydrogens (tertiary/aromatic N) is 1. The summed E-state index contributed by atoms with van der Waals surface area (Å²) < 4.78 is 19.0. The number of hydrogen-bond acceptors (Lipinski definition) is 4. The van der Waals surface area contributed by atoms with Gasteiger partial charge in [0.1, 0.15) is 17.5 Å². The lowest BCUT2D eigenvalue weighted by Gasteiger charge is -2.31. The zero-order chi connectivity index (χ0) is 15.6. The van der Waals surface area contributed by atoms with Crippen LogP contribution >= 0.6 is 0 Å². The van der Waals surface area contributed by atoms with Crippen molar-refractivity contribution in [2.24, 2.45) is 11.8 Å². The molecule has 2 rings (SSSR count). The Kier molecular flexibility index (Phi) is 4.55. The number of nitro benzene ring substituents is 1. The van der Waals surface area contributed by atoms with Crippen LogP contribution in [0.25, 0.3) is 0 Å². The number of benzene rings is 1. The third-order valence-corrected chi connectivity index (χ3v) is 3.79. The molecule has 2 unspecified atom stereocenters. The van der Waals surface area contributed by atoms with Crippen molar-refractivity contribution in [2.75, 3.05) is 0 Å². The smallest absolute Gasteiger partial charge is 0.341 e. The van der Waals surface area contributed by atoms with Crippen molar-refractivity contribution >= 4 is 11.7 Å². The Hall–Kier alpha value is -1.98. The Bertz CT molecular complexity index is 551. The van der Waals surface area contributed by atoms with Crippen LogP contribution in [0.2, 0.25) is 0 Å². The summed E-state index contributed by atoms with van der Waals surface area (Å²) in [6.45, 7) is 4.18. The van der Waals surface area contributed by atoms with Gasteiger partial charge in [-0.15, -0.1) is 0 Å². The molecule has 0 saturated heterocycles. The van der Waals surface area contributed by atoms with E-state index in [-0.39, 0.29) is 17.4 Å². The van der Waals surface area contributed by atoms with Gasteiger partial charge in [-0.3, -0.25) is 10.1 Å². The number of carbonyl (C=O) groups excluding carboxylic acids is 1. The quantitative estimate of drug-likeness (QED) is 0.484. The Balaban J connectivity index is 2.13. The molecule has 1 aromatic rings. The van der Waals surface area contributed by atoms with Crippen LogP contribution in [0.5, 0.6) is 0 Å². The van der Waals surface area contributed by atoms with Gasteiger partial charge in [-0.25, -0.2) is 9.18 Å². The van der Waals surface area contributed by atoms with Crippen LogP contribution in [-0.2, 0) is 4.74 Å². The van der Waals surface area contributed by atoms with E-state index in [2.05, 4.69) is 13.8 Å². The zero-order valence-corrected chi connectivity index (χ0v) is 12.0. The molecule has 0 spiro atoms. The van der Waals surface area contributed by atoms with Gasteiger partial charge in [0.2, 0.25) is 0 Å². The van der Waals surface area contributed by atoms with Gasteiger partial charge in [0.15, 0.2) is 0 Å². The van der Waals surface area contributed by atoms with E-state index in [9.17, 15) is 19.3 Å². The van der Waals surface area contributed by atoms with Gasteiger partial charge in [0, 0.05) is 12.1 Å². The third-order valence-electron chi connectivity index (χ3n) is 3.79. The lowest BCUT2D eigenvalue weighted by Crippen LogP contribution is -2.28. The van der Waals surface area contributed by atoms with Crippen LogP contribution in [0.15, 0.2) is 18.2 Å². The fourth-order valence-corrected chi connectivity index (χ4v) is 2.97. The van der Waals surface area contributed by atoms with E-state index < -0.39 is 16.7 Å². The van der Waals surface area contributed by atoms with Gasteiger partial charge in [-0.05, 0) is 37.2 Å². The number of rotatable bonds is 3. The van der Waals surface area contributed by atoms with E-state index in [1.807, 2.05) is 0 Å². The molecule has 1 aliphatic carbocycles. The minimum Gasteiger partial charge on any atom is -0.459 e. The van der Waals surface area contributed by atoms with Crippen molar-refractivity contribution in [3.63, 3.8) is 0 Å². The first-order valence-corrected chi connectivity index (χ1v) is 7.01. The lowest BCUT2D eigenvalue weighted by atomic mass is 9.82. The highest BCUT2D eigenvalue weighted by atomic mass is 19.1. The second kappa shape index (κ2) is 6.20. The first kappa shape index (κ1) is 15.4. The maximum absolute atomic E-state index is 13.7. The fraction of sp³-hybridized carbons (Fsp3) is 0.533. The lowest BCUT2D eigenvalue weighted by molar-refractivity contribution is -0.384. The number of nitro groups is 1. The van der Waals surface area contributed by atoms with Crippen molar-refractivity contribution in [1.82, 2.24) is 0 Å². The van der Waals surface area contributed by atoms with E-state index in [4.69, 9.17) is 4.74 Å². The minimum atomic E-state index is -0.831. The second-order valence-corrected chi connectivity index (χ2v) is 5.87. The molecule has 0 aromatic heterocycles. The Morgan fingerprint density at radius 2 is 1.90 bits per heavy atom. The summed E-state index contributed by atoms with van der Waals surface area (Å²) in [5.74, 6) is -0.743. The Morgan fingerprint density at radius 3 is 2.48 bits per heavy atom. The van der Waals surface area contributed by atoms with Crippen LogP contribution in [-0.4, -0.2) is 17.0 Å². The number of halogens is 1. The van der Waals surface area contributed by atoms with Gasteiger partial charge < -0.3 is 4.74 Å². The summed E-state index contributed by atoms with van der Waals surface area (Å²) in [7, 11) is 0. The first-order valence-electron chi connectivity index (χ1n) is 7.01. The Labute approximate surface area is 122 Å². The average molecular weight is 295 g/mol. The molecule has 0 aliphatic heterocycles. The predicted molar refractivity (Wildman–Crippen MR) is 74.4 cm³/mol. The molecule has 1 saturated carbocycles. The molecule has 1 aliphatic rings.